The molecule has 0 spiro atoms. The zero-order valence-corrected chi connectivity index (χ0v) is 15.1. The van der Waals surface area contributed by atoms with E-state index in [9.17, 15) is 19.5 Å². The second-order valence-corrected chi connectivity index (χ2v) is 6.13. The van der Waals surface area contributed by atoms with E-state index in [1.165, 1.54) is 7.11 Å². The monoisotopic (exact) mass is 361 g/mol. The Kier molecular flexibility index (Phi) is 6.38. The number of unbranched alkanes of at least 4 members (excludes halogenated alkanes) is 1. The fraction of sp³-hybridized carbons (Fsp3) is 0.421. The Bertz CT molecular complexity index is 870. The Morgan fingerprint density at radius 1 is 1.35 bits per heavy atom. The van der Waals surface area contributed by atoms with Gasteiger partial charge in [0.15, 0.2) is 0 Å². The molecule has 0 radical (unpaired) electrons. The number of methoxy groups -OCH3 is 1. The summed E-state index contributed by atoms with van der Waals surface area (Å²) in [5.41, 5.74) is 0.621. The smallest absolute Gasteiger partial charge is 0.340 e. The number of nitrogens with one attached hydrogen (secondary N) is 1. The molecule has 2 rings (SSSR count). The van der Waals surface area contributed by atoms with Gasteiger partial charge in [-0.1, -0.05) is 19.8 Å². The van der Waals surface area contributed by atoms with Crippen molar-refractivity contribution in [2.45, 2.75) is 45.6 Å². The SMILES string of the molecule is CCCC[C@@H](NC(=O)Cc1c(C)c2ccc(OC)cc2oc1=O)C(=O)O. The number of carboxylic acids is 1. The van der Waals surface area contributed by atoms with Gasteiger partial charge < -0.3 is 19.6 Å². The molecule has 0 fully saturated rings. The van der Waals surface area contributed by atoms with Crippen molar-refractivity contribution in [2.75, 3.05) is 7.11 Å². The molecule has 0 aliphatic carbocycles. The first-order valence-electron chi connectivity index (χ1n) is 8.49. The van der Waals surface area contributed by atoms with E-state index in [0.717, 1.165) is 6.42 Å². The zero-order chi connectivity index (χ0) is 19.3. The maximum absolute atomic E-state index is 12.3. The van der Waals surface area contributed by atoms with Gasteiger partial charge in [0.1, 0.15) is 17.4 Å². The Hall–Kier alpha value is -2.83. The maximum atomic E-state index is 12.3. The van der Waals surface area contributed by atoms with Crippen LogP contribution in [0.5, 0.6) is 5.75 Å². The molecule has 0 unspecified atom stereocenters. The summed E-state index contributed by atoms with van der Waals surface area (Å²) in [6.45, 7) is 3.68. The Labute approximate surface area is 151 Å². The minimum atomic E-state index is -1.08. The van der Waals surface area contributed by atoms with Crippen LogP contribution in [-0.4, -0.2) is 30.1 Å². The standard InChI is InChI=1S/C19H23NO6/c1-4-5-6-15(18(22)23)20-17(21)10-14-11(2)13-8-7-12(25-3)9-16(13)26-19(14)24/h7-9,15H,4-6,10H2,1-3H3,(H,20,21)(H,22,23)/t15-/m1/s1. The van der Waals surface area contributed by atoms with E-state index in [1.54, 1.807) is 25.1 Å². The molecule has 0 bridgehead atoms. The molecule has 1 aromatic heterocycles. The van der Waals surface area contributed by atoms with E-state index in [1.807, 2.05) is 6.92 Å². The quantitative estimate of drug-likeness (QED) is 0.700. The van der Waals surface area contributed by atoms with Crippen molar-refractivity contribution < 1.29 is 23.8 Å². The lowest BCUT2D eigenvalue weighted by atomic mass is 10.0. The van der Waals surface area contributed by atoms with Crippen LogP contribution in [0.1, 0.15) is 37.3 Å². The van der Waals surface area contributed by atoms with Gasteiger partial charge in [0.25, 0.3) is 0 Å². The van der Waals surface area contributed by atoms with Crippen LogP contribution in [0.4, 0.5) is 0 Å². The third-order valence-corrected chi connectivity index (χ3v) is 4.31. The van der Waals surface area contributed by atoms with Crippen LogP contribution < -0.4 is 15.7 Å². The van der Waals surface area contributed by atoms with Crippen molar-refractivity contribution >= 4 is 22.8 Å². The first-order valence-corrected chi connectivity index (χ1v) is 8.49. The molecule has 7 nitrogen and oxygen atoms in total. The van der Waals surface area contributed by atoms with Crippen molar-refractivity contribution in [2.24, 2.45) is 0 Å². The van der Waals surface area contributed by atoms with Gasteiger partial charge in [0.2, 0.25) is 5.91 Å². The Balaban J connectivity index is 2.25. The predicted molar refractivity (Wildman–Crippen MR) is 96.6 cm³/mol. The topological polar surface area (TPSA) is 106 Å². The van der Waals surface area contributed by atoms with Gasteiger partial charge in [-0.25, -0.2) is 9.59 Å². The van der Waals surface area contributed by atoms with Crippen LogP contribution in [0.3, 0.4) is 0 Å². The van der Waals surface area contributed by atoms with Gasteiger partial charge in [0, 0.05) is 11.5 Å². The molecule has 0 saturated carbocycles. The van der Waals surface area contributed by atoms with Gasteiger partial charge in [-0.2, -0.15) is 0 Å². The number of carbonyl (C=O) groups excluding carboxylic acids is 1. The maximum Gasteiger partial charge on any atom is 0.340 e. The lowest BCUT2D eigenvalue weighted by Gasteiger charge is -2.14. The minimum Gasteiger partial charge on any atom is -0.497 e. The lowest BCUT2D eigenvalue weighted by molar-refractivity contribution is -0.142. The number of amides is 1. The van der Waals surface area contributed by atoms with Crippen LogP contribution in [-0.2, 0) is 16.0 Å². The van der Waals surface area contributed by atoms with Gasteiger partial charge in [-0.15, -0.1) is 0 Å². The second-order valence-electron chi connectivity index (χ2n) is 6.13. The Morgan fingerprint density at radius 2 is 2.08 bits per heavy atom. The molecule has 0 aliphatic heterocycles. The molecule has 2 N–H and O–H groups in total. The van der Waals surface area contributed by atoms with E-state index < -0.39 is 23.5 Å². The number of hydrogen-bond donors (Lipinski definition) is 2. The van der Waals surface area contributed by atoms with E-state index in [0.29, 0.717) is 35.1 Å². The number of hydrogen-bond acceptors (Lipinski definition) is 5. The number of rotatable bonds is 8. The van der Waals surface area contributed by atoms with Gasteiger partial charge >= 0.3 is 11.6 Å². The minimum absolute atomic E-state index is 0.222. The number of carboxylic acid groups (broad SMARTS) is 1. The van der Waals surface area contributed by atoms with Crippen molar-refractivity contribution in [1.29, 1.82) is 0 Å². The number of fused-ring (bicyclic) bond motifs is 1. The molecule has 0 saturated heterocycles. The first-order chi connectivity index (χ1) is 12.4. The molecule has 0 aliphatic rings. The number of ether oxygens (including phenoxy) is 1. The lowest BCUT2D eigenvalue weighted by Crippen LogP contribution is -2.42. The number of aryl methyl sites for hydroxylation is 1. The highest BCUT2D eigenvalue weighted by Crippen LogP contribution is 2.24. The Morgan fingerprint density at radius 3 is 2.69 bits per heavy atom. The van der Waals surface area contributed by atoms with Gasteiger partial charge in [-0.05, 0) is 31.0 Å². The van der Waals surface area contributed by atoms with Crippen LogP contribution in [0, 0.1) is 6.92 Å². The summed E-state index contributed by atoms with van der Waals surface area (Å²) in [6, 6.07) is 4.15. The molecular weight excluding hydrogens is 338 g/mol. The van der Waals surface area contributed by atoms with E-state index in [-0.39, 0.29) is 12.0 Å². The first kappa shape index (κ1) is 19.5. The molecule has 1 heterocycles. The van der Waals surface area contributed by atoms with Crippen molar-refractivity contribution in [3.05, 3.63) is 39.7 Å². The fourth-order valence-corrected chi connectivity index (χ4v) is 2.78. The average molecular weight is 361 g/mol. The van der Waals surface area contributed by atoms with Crippen LogP contribution in [0.15, 0.2) is 27.4 Å². The molecule has 2 aromatic rings. The highest BCUT2D eigenvalue weighted by Gasteiger charge is 2.21. The predicted octanol–water partition coefficient (Wildman–Crippen LogP) is 2.41. The molecule has 1 amide bonds. The summed E-state index contributed by atoms with van der Waals surface area (Å²) in [5.74, 6) is -1.04. The number of aliphatic carboxylic acids is 1. The zero-order valence-electron chi connectivity index (χ0n) is 15.1. The van der Waals surface area contributed by atoms with Crippen molar-refractivity contribution in [3.8, 4) is 5.75 Å². The third kappa shape index (κ3) is 4.41. The van der Waals surface area contributed by atoms with E-state index in [4.69, 9.17) is 9.15 Å². The molecule has 26 heavy (non-hydrogen) atoms. The number of benzene rings is 1. The van der Waals surface area contributed by atoms with Crippen molar-refractivity contribution in [3.63, 3.8) is 0 Å². The summed E-state index contributed by atoms with van der Waals surface area (Å²) in [4.78, 5) is 35.8. The second kappa shape index (κ2) is 8.51. The van der Waals surface area contributed by atoms with E-state index in [2.05, 4.69) is 5.32 Å². The molecule has 1 atom stereocenters. The van der Waals surface area contributed by atoms with Crippen molar-refractivity contribution in [1.82, 2.24) is 5.32 Å². The molecule has 1 aromatic carbocycles. The van der Waals surface area contributed by atoms with Crippen LogP contribution in [0.2, 0.25) is 0 Å². The molecule has 7 heteroatoms. The van der Waals surface area contributed by atoms with Crippen LogP contribution >= 0.6 is 0 Å². The third-order valence-electron chi connectivity index (χ3n) is 4.31. The molecular formula is C19H23NO6. The fourth-order valence-electron chi connectivity index (χ4n) is 2.78. The number of carbonyl (C=O) groups is 2. The average Bonchev–Trinajstić information content (AvgIpc) is 2.61. The highest BCUT2D eigenvalue weighted by molar-refractivity contribution is 5.87. The summed E-state index contributed by atoms with van der Waals surface area (Å²) in [7, 11) is 1.52. The highest BCUT2D eigenvalue weighted by atomic mass is 16.5. The van der Waals surface area contributed by atoms with E-state index >= 15 is 0 Å². The summed E-state index contributed by atoms with van der Waals surface area (Å²) in [6.07, 6.45) is 1.64. The van der Waals surface area contributed by atoms with Crippen LogP contribution in [0.25, 0.3) is 11.0 Å². The summed E-state index contributed by atoms with van der Waals surface area (Å²) < 4.78 is 10.4. The largest absolute Gasteiger partial charge is 0.497 e. The summed E-state index contributed by atoms with van der Waals surface area (Å²) >= 11 is 0. The summed E-state index contributed by atoms with van der Waals surface area (Å²) in [5, 5.41) is 12.4. The van der Waals surface area contributed by atoms with Gasteiger partial charge in [-0.3, -0.25) is 4.79 Å². The normalized spacial score (nSPS) is 12.0. The van der Waals surface area contributed by atoms with Gasteiger partial charge in [0.05, 0.1) is 19.1 Å². The molecule has 140 valence electrons.